The molecule has 1 unspecified atom stereocenters. The molecule has 0 aromatic heterocycles. The maximum absolute atomic E-state index is 11.5. The van der Waals surface area contributed by atoms with Gasteiger partial charge in [-0.05, 0) is 12.3 Å². The van der Waals surface area contributed by atoms with Gasteiger partial charge in [0.15, 0.2) is 0 Å². The Bertz CT molecular complexity index is 249. The van der Waals surface area contributed by atoms with E-state index in [0.29, 0.717) is 6.42 Å². The van der Waals surface area contributed by atoms with Crippen LogP contribution in [-0.4, -0.2) is 44.6 Å². The van der Waals surface area contributed by atoms with E-state index in [0.717, 1.165) is 4.31 Å². The minimum Gasteiger partial charge on any atom is -0.396 e. The average Bonchev–Trinajstić information content (AvgIpc) is 2.02. The number of nitrogens with one attached hydrogen (secondary N) is 1. The molecule has 86 valence electrons. The van der Waals surface area contributed by atoms with Gasteiger partial charge in [-0.3, -0.25) is 0 Å². The Balaban J connectivity index is 4.45. The maximum atomic E-state index is 11.5. The second-order valence-corrected chi connectivity index (χ2v) is 5.68. The van der Waals surface area contributed by atoms with Gasteiger partial charge in [-0.25, -0.2) is 0 Å². The molecule has 6 heteroatoms. The first-order chi connectivity index (χ1) is 6.31. The van der Waals surface area contributed by atoms with Gasteiger partial charge in [0.05, 0.1) is 0 Å². The van der Waals surface area contributed by atoms with Crippen molar-refractivity contribution in [3.8, 4) is 0 Å². The smallest absolute Gasteiger partial charge is 0.279 e. The summed E-state index contributed by atoms with van der Waals surface area (Å²) in [5, 5.41) is 8.77. The van der Waals surface area contributed by atoms with Crippen molar-refractivity contribution in [2.24, 2.45) is 5.92 Å². The van der Waals surface area contributed by atoms with Gasteiger partial charge < -0.3 is 5.11 Å². The van der Waals surface area contributed by atoms with Crippen LogP contribution in [0.25, 0.3) is 0 Å². The molecule has 0 rings (SSSR count). The van der Waals surface area contributed by atoms with Crippen LogP contribution in [0.2, 0.25) is 0 Å². The van der Waals surface area contributed by atoms with Gasteiger partial charge in [-0.15, -0.1) is 0 Å². The predicted molar refractivity (Wildman–Crippen MR) is 56.1 cm³/mol. The lowest BCUT2D eigenvalue weighted by Gasteiger charge is -2.23. The molecule has 0 aliphatic rings. The summed E-state index contributed by atoms with van der Waals surface area (Å²) in [5.41, 5.74) is 0. The Hall–Kier alpha value is -0.170. The number of aliphatic hydroxyl groups is 1. The summed E-state index contributed by atoms with van der Waals surface area (Å²) in [6.07, 6.45) is 0.435. The van der Waals surface area contributed by atoms with E-state index in [2.05, 4.69) is 4.72 Å². The minimum absolute atomic E-state index is 0.0151. The van der Waals surface area contributed by atoms with Gasteiger partial charge in [0.25, 0.3) is 10.2 Å². The van der Waals surface area contributed by atoms with Crippen LogP contribution in [-0.2, 0) is 10.2 Å². The van der Waals surface area contributed by atoms with Crippen molar-refractivity contribution >= 4 is 10.2 Å². The van der Waals surface area contributed by atoms with Crippen LogP contribution >= 0.6 is 0 Å². The fraction of sp³-hybridized carbons (Fsp3) is 1.00. The number of aliphatic hydroxyl groups excluding tert-OH is 1. The zero-order chi connectivity index (χ0) is 11.4. The van der Waals surface area contributed by atoms with E-state index in [1.165, 1.54) is 14.1 Å². The standard InChI is InChI=1S/C8H20N2O3S/c1-7(2)8(5-6-11)9-14(12,13)10(3)4/h7-9,11H,5-6H2,1-4H3. The Labute approximate surface area is 86.3 Å². The first-order valence-electron chi connectivity index (χ1n) is 4.62. The van der Waals surface area contributed by atoms with E-state index >= 15 is 0 Å². The molecule has 0 aliphatic heterocycles. The molecule has 0 aromatic carbocycles. The summed E-state index contributed by atoms with van der Waals surface area (Å²) in [6, 6.07) is -0.215. The predicted octanol–water partition coefficient (Wildman–Crippen LogP) is -0.211. The molecule has 0 bridgehead atoms. The van der Waals surface area contributed by atoms with Crippen molar-refractivity contribution in [2.75, 3.05) is 20.7 Å². The lowest BCUT2D eigenvalue weighted by Crippen LogP contribution is -2.44. The molecular weight excluding hydrogens is 204 g/mol. The lowest BCUT2D eigenvalue weighted by molar-refractivity contribution is 0.254. The first-order valence-corrected chi connectivity index (χ1v) is 6.06. The van der Waals surface area contributed by atoms with Crippen LogP contribution in [0.4, 0.5) is 0 Å². The monoisotopic (exact) mass is 224 g/mol. The highest BCUT2D eigenvalue weighted by atomic mass is 32.2. The Morgan fingerprint density at radius 1 is 1.36 bits per heavy atom. The fourth-order valence-corrected chi connectivity index (χ4v) is 1.95. The highest BCUT2D eigenvalue weighted by Gasteiger charge is 2.21. The van der Waals surface area contributed by atoms with Crippen LogP contribution in [0.5, 0.6) is 0 Å². The molecule has 14 heavy (non-hydrogen) atoms. The van der Waals surface area contributed by atoms with E-state index in [1.807, 2.05) is 13.8 Å². The lowest BCUT2D eigenvalue weighted by atomic mass is 10.0. The normalized spacial score (nSPS) is 15.1. The summed E-state index contributed by atoms with van der Waals surface area (Å²) in [4.78, 5) is 0. The molecule has 0 aliphatic carbocycles. The second kappa shape index (κ2) is 5.65. The second-order valence-electron chi connectivity index (χ2n) is 3.77. The summed E-state index contributed by atoms with van der Waals surface area (Å²) in [7, 11) is -0.451. The topological polar surface area (TPSA) is 69.6 Å². The molecule has 0 radical (unpaired) electrons. The maximum Gasteiger partial charge on any atom is 0.279 e. The van der Waals surface area contributed by atoms with E-state index < -0.39 is 10.2 Å². The summed E-state index contributed by atoms with van der Waals surface area (Å²) >= 11 is 0. The molecule has 5 nitrogen and oxygen atoms in total. The highest BCUT2D eigenvalue weighted by Crippen LogP contribution is 2.07. The molecule has 2 N–H and O–H groups in total. The van der Waals surface area contributed by atoms with Crippen molar-refractivity contribution < 1.29 is 13.5 Å². The first kappa shape index (κ1) is 13.8. The van der Waals surface area contributed by atoms with Crippen LogP contribution in [0.1, 0.15) is 20.3 Å². The number of nitrogens with zero attached hydrogens (tertiary/aromatic N) is 1. The molecule has 0 amide bonds. The SMILES string of the molecule is CC(C)C(CCO)NS(=O)(=O)N(C)C. The number of hydrogen-bond donors (Lipinski definition) is 2. The van der Waals surface area contributed by atoms with E-state index in [-0.39, 0.29) is 18.6 Å². The number of hydrogen-bond acceptors (Lipinski definition) is 3. The fourth-order valence-electron chi connectivity index (χ4n) is 0.964. The quantitative estimate of drug-likeness (QED) is 0.656. The van der Waals surface area contributed by atoms with Gasteiger partial charge in [0, 0.05) is 26.7 Å². The molecule has 0 saturated heterocycles. The van der Waals surface area contributed by atoms with Gasteiger partial charge in [0.1, 0.15) is 0 Å². The molecular formula is C8H20N2O3S. The van der Waals surface area contributed by atoms with Crippen LogP contribution < -0.4 is 4.72 Å². The third-order valence-corrected chi connectivity index (χ3v) is 3.59. The van der Waals surface area contributed by atoms with Gasteiger partial charge in [0.2, 0.25) is 0 Å². The minimum atomic E-state index is -3.39. The van der Waals surface area contributed by atoms with Gasteiger partial charge in [-0.2, -0.15) is 17.4 Å². The highest BCUT2D eigenvalue weighted by molar-refractivity contribution is 7.87. The van der Waals surface area contributed by atoms with Gasteiger partial charge in [-0.1, -0.05) is 13.8 Å². The van der Waals surface area contributed by atoms with E-state index in [1.54, 1.807) is 0 Å². The van der Waals surface area contributed by atoms with Crippen LogP contribution in [0, 0.1) is 5.92 Å². The summed E-state index contributed by atoms with van der Waals surface area (Å²) in [5.74, 6) is 0.164. The third-order valence-electron chi connectivity index (χ3n) is 2.03. The van der Waals surface area contributed by atoms with Crippen molar-refractivity contribution in [3.63, 3.8) is 0 Å². The Morgan fingerprint density at radius 3 is 2.14 bits per heavy atom. The van der Waals surface area contributed by atoms with Crippen LogP contribution in [0.3, 0.4) is 0 Å². The summed E-state index contributed by atoms with van der Waals surface area (Å²) in [6.45, 7) is 3.82. The van der Waals surface area contributed by atoms with Crippen LogP contribution in [0.15, 0.2) is 0 Å². The molecule has 0 fully saturated rings. The molecule has 0 aromatic rings. The summed E-state index contributed by atoms with van der Waals surface area (Å²) < 4.78 is 26.6. The zero-order valence-corrected chi connectivity index (χ0v) is 10.0. The van der Waals surface area contributed by atoms with Crippen molar-refractivity contribution in [3.05, 3.63) is 0 Å². The van der Waals surface area contributed by atoms with Crippen molar-refractivity contribution in [1.82, 2.24) is 9.03 Å². The van der Waals surface area contributed by atoms with Crippen molar-refractivity contribution in [2.45, 2.75) is 26.3 Å². The molecule has 1 atom stereocenters. The van der Waals surface area contributed by atoms with Crippen molar-refractivity contribution in [1.29, 1.82) is 0 Å². The molecule has 0 spiro atoms. The molecule has 0 saturated carbocycles. The zero-order valence-electron chi connectivity index (χ0n) is 9.19. The number of rotatable bonds is 6. The van der Waals surface area contributed by atoms with Gasteiger partial charge >= 0.3 is 0 Å². The van der Waals surface area contributed by atoms with E-state index in [9.17, 15) is 8.42 Å². The molecule has 0 heterocycles. The average molecular weight is 224 g/mol. The Morgan fingerprint density at radius 2 is 1.86 bits per heavy atom. The largest absolute Gasteiger partial charge is 0.396 e. The Kier molecular flexibility index (Phi) is 5.58. The van der Waals surface area contributed by atoms with E-state index in [4.69, 9.17) is 5.11 Å². The third kappa shape index (κ3) is 4.36.